The number of carbonyl (C=O) groups is 1. The van der Waals surface area contributed by atoms with Gasteiger partial charge in [-0.05, 0) is 19.1 Å². The molecule has 1 aromatic rings. The summed E-state index contributed by atoms with van der Waals surface area (Å²) in [4.78, 5) is 13.8. The van der Waals surface area contributed by atoms with Crippen molar-refractivity contribution in [1.29, 1.82) is 0 Å². The molecular formula is C16H24N2O5. The molecule has 1 heterocycles. The van der Waals surface area contributed by atoms with Gasteiger partial charge < -0.3 is 29.5 Å². The molecule has 2 N–H and O–H groups in total. The van der Waals surface area contributed by atoms with Gasteiger partial charge >= 0.3 is 6.03 Å². The van der Waals surface area contributed by atoms with E-state index in [0.717, 1.165) is 5.75 Å². The van der Waals surface area contributed by atoms with Crippen LogP contribution in [-0.4, -0.2) is 68.2 Å². The van der Waals surface area contributed by atoms with Crippen molar-refractivity contribution in [3.05, 3.63) is 24.3 Å². The minimum Gasteiger partial charge on any atom is -0.497 e. The minimum absolute atomic E-state index is 0.0842. The Morgan fingerprint density at radius 1 is 1.52 bits per heavy atom. The van der Waals surface area contributed by atoms with E-state index in [9.17, 15) is 4.79 Å². The number of amides is 2. The molecule has 0 aromatic heterocycles. The van der Waals surface area contributed by atoms with E-state index in [-0.39, 0.29) is 24.8 Å². The van der Waals surface area contributed by atoms with E-state index in [0.29, 0.717) is 32.0 Å². The number of urea groups is 1. The lowest BCUT2D eigenvalue weighted by molar-refractivity contribution is -0.0404. The Bertz CT molecular complexity index is 511. The van der Waals surface area contributed by atoms with E-state index in [1.54, 1.807) is 18.1 Å². The van der Waals surface area contributed by atoms with Gasteiger partial charge in [-0.15, -0.1) is 0 Å². The average molecular weight is 324 g/mol. The maximum Gasteiger partial charge on any atom is 0.317 e. The fourth-order valence-corrected chi connectivity index (χ4v) is 2.31. The Morgan fingerprint density at radius 2 is 2.30 bits per heavy atom. The molecule has 128 valence electrons. The van der Waals surface area contributed by atoms with Crippen LogP contribution in [0.2, 0.25) is 0 Å². The quantitative estimate of drug-likeness (QED) is 0.811. The number of benzene rings is 1. The first-order valence-corrected chi connectivity index (χ1v) is 7.68. The van der Waals surface area contributed by atoms with Gasteiger partial charge in [0.25, 0.3) is 0 Å². The number of nitrogens with one attached hydrogen (secondary N) is 1. The summed E-state index contributed by atoms with van der Waals surface area (Å²) in [6.45, 7) is 3.54. The third-order valence-corrected chi connectivity index (χ3v) is 3.55. The molecule has 0 bridgehead atoms. The van der Waals surface area contributed by atoms with E-state index < -0.39 is 0 Å². The molecule has 1 aromatic carbocycles. The van der Waals surface area contributed by atoms with Gasteiger partial charge in [0.15, 0.2) is 0 Å². The van der Waals surface area contributed by atoms with Crippen molar-refractivity contribution in [2.75, 3.05) is 40.0 Å². The Morgan fingerprint density at radius 3 is 3.04 bits per heavy atom. The molecule has 2 atom stereocenters. The van der Waals surface area contributed by atoms with Crippen LogP contribution in [0.4, 0.5) is 4.79 Å². The van der Waals surface area contributed by atoms with E-state index in [1.807, 2.05) is 25.1 Å². The first kappa shape index (κ1) is 17.4. The normalized spacial score (nSPS) is 19.1. The number of rotatable bonds is 6. The third kappa shape index (κ3) is 5.30. The zero-order chi connectivity index (χ0) is 16.7. The van der Waals surface area contributed by atoms with E-state index >= 15 is 0 Å². The van der Waals surface area contributed by atoms with Crippen molar-refractivity contribution in [2.45, 2.75) is 19.1 Å². The molecule has 0 spiro atoms. The second-order valence-electron chi connectivity index (χ2n) is 5.41. The summed E-state index contributed by atoms with van der Waals surface area (Å²) >= 11 is 0. The summed E-state index contributed by atoms with van der Waals surface area (Å²) in [5.41, 5.74) is 0. The molecule has 2 rings (SSSR count). The highest BCUT2D eigenvalue weighted by Crippen LogP contribution is 2.19. The van der Waals surface area contributed by atoms with Gasteiger partial charge in [0.05, 0.1) is 39.5 Å². The van der Waals surface area contributed by atoms with E-state index in [1.165, 1.54) is 0 Å². The maximum atomic E-state index is 12.1. The van der Waals surface area contributed by atoms with Crippen molar-refractivity contribution in [1.82, 2.24) is 10.2 Å². The Kier molecular flexibility index (Phi) is 6.49. The molecule has 1 aliphatic rings. The predicted molar refractivity (Wildman–Crippen MR) is 84.9 cm³/mol. The lowest BCUT2D eigenvalue weighted by Gasteiger charge is -2.32. The number of nitrogens with zero attached hydrogens (tertiary/aromatic N) is 1. The monoisotopic (exact) mass is 324 g/mol. The van der Waals surface area contributed by atoms with Crippen molar-refractivity contribution >= 4 is 6.03 Å². The summed E-state index contributed by atoms with van der Waals surface area (Å²) < 4.78 is 16.2. The van der Waals surface area contributed by atoms with Crippen LogP contribution in [0.1, 0.15) is 6.92 Å². The summed E-state index contributed by atoms with van der Waals surface area (Å²) in [6.07, 6.45) is -0.485. The zero-order valence-electron chi connectivity index (χ0n) is 13.5. The molecule has 0 radical (unpaired) electrons. The Hall–Kier alpha value is -1.99. The van der Waals surface area contributed by atoms with Crippen LogP contribution in [0.15, 0.2) is 24.3 Å². The summed E-state index contributed by atoms with van der Waals surface area (Å²) in [6, 6.07) is 7.16. The topological polar surface area (TPSA) is 80.3 Å². The van der Waals surface area contributed by atoms with Gasteiger partial charge in [-0.3, -0.25) is 0 Å². The molecule has 23 heavy (non-hydrogen) atoms. The van der Waals surface area contributed by atoms with Crippen LogP contribution in [0.25, 0.3) is 0 Å². The zero-order valence-corrected chi connectivity index (χ0v) is 13.5. The number of carbonyl (C=O) groups excluding carboxylic acids is 1. The van der Waals surface area contributed by atoms with Crippen LogP contribution in [-0.2, 0) is 4.74 Å². The molecule has 1 fully saturated rings. The molecule has 0 aliphatic carbocycles. The van der Waals surface area contributed by atoms with Gasteiger partial charge in [-0.2, -0.15) is 0 Å². The first-order valence-electron chi connectivity index (χ1n) is 7.68. The number of hydrogen-bond donors (Lipinski definition) is 2. The van der Waals surface area contributed by atoms with Gasteiger partial charge in [0.2, 0.25) is 0 Å². The molecule has 7 nitrogen and oxygen atoms in total. The van der Waals surface area contributed by atoms with Gasteiger partial charge in [-0.25, -0.2) is 4.79 Å². The van der Waals surface area contributed by atoms with Gasteiger partial charge in [0, 0.05) is 12.6 Å². The summed E-state index contributed by atoms with van der Waals surface area (Å²) in [5.74, 6) is 1.42. The van der Waals surface area contributed by atoms with Gasteiger partial charge in [-0.1, -0.05) is 6.07 Å². The Labute approximate surface area is 136 Å². The van der Waals surface area contributed by atoms with Crippen molar-refractivity contribution in [3.63, 3.8) is 0 Å². The number of hydrogen-bond acceptors (Lipinski definition) is 5. The highest BCUT2D eigenvalue weighted by Gasteiger charge is 2.23. The lowest BCUT2D eigenvalue weighted by Crippen LogP contribution is -2.51. The standard InChI is InChI=1S/C16H24N2O5/c1-12(23-14-5-3-4-13(8-14)21-2)9-17-16(20)18-6-7-22-15(10-18)11-19/h3-5,8,12,15,19H,6-7,9-11H2,1-2H3,(H,17,20). The van der Waals surface area contributed by atoms with Crippen LogP contribution < -0.4 is 14.8 Å². The van der Waals surface area contributed by atoms with Crippen molar-refractivity contribution in [3.8, 4) is 11.5 Å². The minimum atomic E-state index is -0.306. The molecule has 2 unspecified atom stereocenters. The number of morpholine rings is 1. The number of methoxy groups -OCH3 is 1. The maximum absolute atomic E-state index is 12.1. The number of aliphatic hydroxyl groups excluding tert-OH is 1. The van der Waals surface area contributed by atoms with Gasteiger partial charge in [0.1, 0.15) is 17.6 Å². The van der Waals surface area contributed by atoms with Crippen LogP contribution in [0.3, 0.4) is 0 Å². The van der Waals surface area contributed by atoms with Crippen molar-refractivity contribution in [2.24, 2.45) is 0 Å². The molecule has 7 heteroatoms. The molecular weight excluding hydrogens is 300 g/mol. The van der Waals surface area contributed by atoms with Crippen molar-refractivity contribution < 1.29 is 24.1 Å². The second-order valence-corrected chi connectivity index (χ2v) is 5.41. The fraction of sp³-hybridized carbons (Fsp3) is 0.562. The Balaban J connectivity index is 1.77. The predicted octanol–water partition coefficient (Wildman–Crippen LogP) is 0.865. The van der Waals surface area contributed by atoms with E-state index in [2.05, 4.69) is 5.32 Å². The third-order valence-electron chi connectivity index (χ3n) is 3.55. The number of aliphatic hydroxyl groups is 1. The molecule has 1 aliphatic heterocycles. The summed E-state index contributed by atoms with van der Waals surface area (Å²) in [7, 11) is 1.60. The smallest absolute Gasteiger partial charge is 0.317 e. The highest BCUT2D eigenvalue weighted by atomic mass is 16.5. The number of ether oxygens (including phenoxy) is 3. The molecule has 2 amide bonds. The van der Waals surface area contributed by atoms with Crippen LogP contribution in [0.5, 0.6) is 11.5 Å². The van der Waals surface area contributed by atoms with E-state index in [4.69, 9.17) is 19.3 Å². The first-order chi connectivity index (χ1) is 11.1. The fourth-order valence-electron chi connectivity index (χ4n) is 2.31. The average Bonchev–Trinajstić information content (AvgIpc) is 2.59. The van der Waals surface area contributed by atoms with Crippen LogP contribution >= 0.6 is 0 Å². The molecule has 0 saturated carbocycles. The second kappa shape index (κ2) is 8.59. The summed E-state index contributed by atoms with van der Waals surface area (Å²) in [5, 5.41) is 11.9. The highest BCUT2D eigenvalue weighted by molar-refractivity contribution is 5.74. The largest absolute Gasteiger partial charge is 0.497 e. The SMILES string of the molecule is COc1cccc(OC(C)CNC(=O)N2CCOC(CO)C2)c1. The lowest BCUT2D eigenvalue weighted by atomic mass is 10.3. The van der Waals surface area contributed by atoms with Crippen LogP contribution in [0, 0.1) is 0 Å². The molecule has 1 saturated heterocycles.